The van der Waals surface area contributed by atoms with Gasteiger partial charge in [-0.1, -0.05) is 0 Å². The molecule has 0 spiro atoms. The molecule has 0 amide bonds. The van der Waals surface area contributed by atoms with Gasteiger partial charge in [-0.25, -0.2) is 0 Å². The summed E-state index contributed by atoms with van der Waals surface area (Å²) in [6.45, 7) is 0.750. The maximum absolute atomic E-state index is 12.6. The van der Waals surface area contributed by atoms with Gasteiger partial charge < -0.3 is 4.74 Å². The third-order valence-electron chi connectivity index (χ3n) is 2.37. The molecule has 1 aromatic carbocycles. The Balaban J connectivity index is 3.06. The van der Waals surface area contributed by atoms with E-state index in [1.165, 1.54) is 31.4 Å². The zero-order chi connectivity index (χ0) is 13.9. The number of carbonyl (C=O) groups excluding carboxylic acids is 2. The Hall–Kier alpha value is -1.85. The van der Waals surface area contributed by atoms with Gasteiger partial charge in [-0.05, 0) is 31.2 Å². The molecule has 0 radical (unpaired) electrons. The smallest absolute Gasteiger partial charge is 0.405 e. The van der Waals surface area contributed by atoms with Crippen LogP contribution in [-0.2, 0) is 4.79 Å². The maximum Gasteiger partial charge on any atom is 0.405 e. The highest BCUT2D eigenvalue weighted by Crippen LogP contribution is 2.30. The van der Waals surface area contributed by atoms with Gasteiger partial charge in [-0.3, -0.25) is 9.59 Å². The molecule has 98 valence electrons. The lowest BCUT2D eigenvalue weighted by atomic mass is 9.94. The molecular formula is C12H11F3O3. The number of Topliss-reactive ketones (excluding diaryl/α,β-unsaturated/α-hetero) is 2. The minimum absolute atomic E-state index is 0.173. The molecule has 3 nitrogen and oxygen atoms in total. The first-order valence-corrected chi connectivity index (χ1v) is 5.02. The first-order valence-electron chi connectivity index (χ1n) is 5.02. The third kappa shape index (κ3) is 3.09. The first kappa shape index (κ1) is 14.2. The number of hydrogen-bond donors (Lipinski definition) is 0. The summed E-state index contributed by atoms with van der Waals surface area (Å²) in [5.74, 6) is -4.66. The van der Waals surface area contributed by atoms with E-state index in [9.17, 15) is 22.8 Å². The molecule has 0 aliphatic rings. The first-order chi connectivity index (χ1) is 8.27. The van der Waals surface area contributed by atoms with Gasteiger partial charge in [-0.2, -0.15) is 13.2 Å². The fraction of sp³-hybridized carbons (Fsp3) is 0.333. The summed E-state index contributed by atoms with van der Waals surface area (Å²) in [6, 6.07) is 5.12. The number of ketones is 2. The molecule has 6 heteroatoms. The Morgan fingerprint density at radius 3 is 2.00 bits per heavy atom. The fourth-order valence-electron chi connectivity index (χ4n) is 1.49. The minimum Gasteiger partial charge on any atom is -0.497 e. The maximum atomic E-state index is 12.6. The molecule has 0 aromatic heterocycles. The van der Waals surface area contributed by atoms with Crippen LogP contribution in [0.15, 0.2) is 24.3 Å². The van der Waals surface area contributed by atoms with Crippen LogP contribution in [0.1, 0.15) is 17.3 Å². The van der Waals surface area contributed by atoms with Crippen molar-refractivity contribution in [2.75, 3.05) is 7.11 Å². The fourth-order valence-corrected chi connectivity index (χ4v) is 1.49. The number of alkyl halides is 3. The molecule has 0 heterocycles. The average molecular weight is 260 g/mol. The second kappa shape index (κ2) is 5.20. The quantitative estimate of drug-likeness (QED) is 0.617. The Morgan fingerprint density at radius 1 is 1.17 bits per heavy atom. The largest absolute Gasteiger partial charge is 0.497 e. The number of methoxy groups -OCH3 is 1. The van der Waals surface area contributed by atoms with Gasteiger partial charge in [0.1, 0.15) is 11.5 Å². The van der Waals surface area contributed by atoms with Crippen molar-refractivity contribution in [1.29, 1.82) is 0 Å². The van der Waals surface area contributed by atoms with E-state index < -0.39 is 23.7 Å². The summed E-state index contributed by atoms with van der Waals surface area (Å²) in [5.41, 5.74) is -0.173. The molecule has 1 aromatic rings. The zero-order valence-corrected chi connectivity index (χ0v) is 9.75. The normalized spacial score (nSPS) is 12.9. The van der Waals surface area contributed by atoms with Gasteiger partial charge in [0, 0.05) is 5.56 Å². The molecule has 18 heavy (non-hydrogen) atoms. The summed E-state index contributed by atoms with van der Waals surface area (Å²) < 4.78 is 42.6. The minimum atomic E-state index is -4.87. The lowest BCUT2D eigenvalue weighted by Gasteiger charge is -2.16. The number of rotatable bonds is 4. The topological polar surface area (TPSA) is 43.4 Å². The van der Waals surface area contributed by atoms with Gasteiger partial charge in [0.05, 0.1) is 7.11 Å². The van der Waals surface area contributed by atoms with Crippen LogP contribution in [0.5, 0.6) is 5.75 Å². The Kier molecular flexibility index (Phi) is 4.11. The molecule has 1 unspecified atom stereocenters. The van der Waals surface area contributed by atoms with Crippen LogP contribution in [0.3, 0.4) is 0 Å². The van der Waals surface area contributed by atoms with Crippen molar-refractivity contribution in [3.63, 3.8) is 0 Å². The second-order valence-corrected chi connectivity index (χ2v) is 3.68. The molecular weight excluding hydrogens is 249 g/mol. The summed E-state index contributed by atoms with van der Waals surface area (Å²) in [5, 5.41) is 0. The van der Waals surface area contributed by atoms with Crippen LogP contribution in [-0.4, -0.2) is 24.9 Å². The highest BCUT2D eigenvalue weighted by molar-refractivity contribution is 6.10. The SMILES string of the molecule is COc1ccc(C(=O)C(C(C)=O)C(F)(F)F)cc1. The van der Waals surface area contributed by atoms with E-state index in [4.69, 9.17) is 4.74 Å². The standard InChI is InChI=1S/C12H11F3O3/c1-7(16)10(12(13,14)15)11(17)8-3-5-9(18-2)6-4-8/h3-6,10H,1-2H3. The Labute approximate surface area is 102 Å². The Morgan fingerprint density at radius 2 is 1.67 bits per heavy atom. The van der Waals surface area contributed by atoms with Crippen LogP contribution in [0.4, 0.5) is 13.2 Å². The molecule has 0 aliphatic carbocycles. The number of halogens is 3. The van der Waals surface area contributed by atoms with Crippen LogP contribution < -0.4 is 4.74 Å². The van der Waals surface area contributed by atoms with Crippen LogP contribution in [0.25, 0.3) is 0 Å². The number of hydrogen-bond acceptors (Lipinski definition) is 3. The van der Waals surface area contributed by atoms with Gasteiger partial charge in [0.2, 0.25) is 0 Å². The number of benzene rings is 1. The molecule has 0 saturated heterocycles. The van der Waals surface area contributed by atoms with Crippen LogP contribution in [0.2, 0.25) is 0 Å². The van der Waals surface area contributed by atoms with E-state index in [-0.39, 0.29) is 5.56 Å². The number of ether oxygens (including phenoxy) is 1. The van der Waals surface area contributed by atoms with E-state index >= 15 is 0 Å². The molecule has 1 rings (SSSR count). The van der Waals surface area contributed by atoms with Crippen molar-refractivity contribution < 1.29 is 27.5 Å². The lowest BCUT2D eigenvalue weighted by molar-refractivity contribution is -0.169. The summed E-state index contributed by atoms with van der Waals surface area (Å²) in [6.07, 6.45) is -4.87. The summed E-state index contributed by atoms with van der Waals surface area (Å²) in [7, 11) is 1.39. The van der Waals surface area contributed by atoms with Gasteiger partial charge in [0.15, 0.2) is 11.7 Å². The van der Waals surface area contributed by atoms with Crippen molar-refractivity contribution in [1.82, 2.24) is 0 Å². The predicted molar refractivity (Wildman–Crippen MR) is 57.6 cm³/mol. The van der Waals surface area contributed by atoms with Crippen LogP contribution >= 0.6 is 0 Å². The summed E-state index contributed by atoms with van der Waals surface area (Å²) >= 11 is 0. The van der Waals surface area contributed by atoms with E-state index in [1.807, 2.05) is 0 Å². The zero-order valence-electron chi connectivity index (χ0n) is 9.75. The van der Waals surface area contributed by atoms with Gasteiger partial charge in [-0.15, -0.1) is 0 Å². The van der Waals surface area contributed by atoms with E-state index in [0.717, 1.165) is 6.92 Å². The van der Waals surface area contributed by atoms with Crippen molar-refractivity contribution in [2.24, 2.45) is 5.92 Å². The van der Waals surface area contributed by atoms with Gasteiger partial charge in [0.25, 0.3) is 0 Å². The van der Waals surface area contributed by atoms with Crippen molar-refractivity contribution in [3.05, 3.63) is 29.8 Å². The van der Waals surface area contributed by atoms with E-state index in [2.05, 4.69) is 0 Å². The van der Waals surface area contributed by atoms with Crippen molar-refractivity contribution >= 4 is 11.6 Å². The van der Waals surface area contributed by atoms with Gasteiger partial charge >= 0.3 is 6.18 Å². The number of carbonyl (C=O) groups is 2. The van der Waals surface area contributed by atoms with Crippen LogP contribution in [0, 0.1) is 5.92 Å². The van der Waals surface area contributed by atoms with Crippen molar-refractivity contribution in [2.45, 2.75) is 13.1 Å². The Bertz CT molecular complexity index is 449. The second-order valence-electron chi connectivity index (χ2n) is 3.68. The average Bonchev–Trinajstić information content (AvgIpc) is 2.26. The molecule has 0 saturated carbocycles. The summed E-state index contributed by atoms with van der Waals surface area (Å²) in [4.78, 5) is 22.6. The predicted octanol–water partition coefficient (Wildman–Crippen LogP) is 2.65. The molecule has 0 aliphatic heterocycles. The lowest BCUT2D eigenvalue weighted by Crippen LogP contribution is -2.36. The molecule has 0 N–H and O–H groups in total. The van der Waals surface area contributed by atoms with Crippen molar-refractivity contribution in [3.8, 4) is 5.75 Å². The van der Waals surface area contributed by atoms with E-state index in [1.54, 1.807) is 0 Å². The highest BCUT2D eigenvalue weighted by Gasteiger charge is 2.48. The molecule has 1 atom stereocenters. The molecule has 0 fully saturated rings. The highest BCUT2D eigenvalue weighted by atomic mass is 19.4. The molecule has 0 bridgehead atoms. The van der Waals surface area contributed by atoms with E-state index in [0.29, 0.717) is 5.75 Å². The third-order valence-corrected chi connectivity index (χ3v) is 2.37. The monoisotopic (exact) mass is 260 g/mol.